The highest BCUT2D eigenvalue weighted by Crippen LogP contribution is 2.27. The highest BCUT2D eigenvalue weighted by atomic mass is 35.5. The molecule has 0 aliphatic rings. The SMILES string of the molecule is CNC(=O)C(C)N(Cc1ccc(Cl)cc1)C(=O)CN(c1ccc(C)c(C)c1)S(=O)(=O)c1ccc(C)cc1. The number of halogens is 1. The van der Waals surface area contributed by atoms with Crippen LogP contribution >= 0.6 is 11.6 Å². The zero-order valence-corrected chi connectivity index (χ0v) is 23.2. The maximum atomic E-state index is 13.8. The van der Waals surface area contributed by atoms with Gasteiger partial charge in [-0.1, -0.05) is 47.5 Å². The monoisotopic (exact) mass is 541 g/mol. The molecule has 3 aromatic rings. The van der Waals surface area contributed by atoms with Crippen molar-refractivity contribution >= 4 is 39.1 Å². The van der Waals surface area contributed by atoms with Crippen LogP contribution < -0.4 is 9.62 Å². The number of sulfonamides is 1. The van der Waals surface area contributed by atoms with Crippen molar-refractivity contribution in [2.24, 2.45) is 0 Å². The van der Waals surface area contributed by atoms with Crippen molar-refractivity contribution in [3.63, 3.8) is 0 Å². The summed E-state index contributed by atoms with van der Waals surface area (Å²) in [6.07, 6.45) is 0. The van der Waals surface area contributed by atoms with E-state index in [1.165, 1.54) is 24.1 Å². The molecule has 0 heterocycles. The van der Waals surface area contributed by atoms with Gasteiger partial charge in [0, 0.05) is 18.6 Å². The fraction of sp³-hybridized carbons (Fsp3) is 0.286. The Balaban J connectivity index is 2.05. The third-order valence-electron chi connectivity index (χ3n) is 6.35. The van der Waals surface area contributed by atoms with Gasteiger partial charge in [-0.05, 0) is 80.8 Å². The Kier molecular flexibility index (Phi) is 8.99. The molecule has 7 nitrogen and oxygen atoms in total. The number of carbonyl (C=O) groups excluding carboxylic acids is 2. The number of hydrogen-bond acceptors (Lipinski definition) is 4. The van der Waals surface area contributed by atoms with E-state index >= 15 is 0 Å². The number of rotatable bonds is 9. The molecule has 1 unspecified atom stereocenters. The topological polar surface area (TPSA) is 86.8 Å². The Morgan fingerprint density at radius 1 is 0.919 bits per heavy atom. The van der Waals surface area contributed by atoms with Gasteiger partial charge in [0.05, 0.1) is 10.6 Å². The van der Waals surface area contributed by atoms with Crippen LogP contribution in [0.1, 0.15) is 29.2 Å². The number of likely N-dealkylation sites (N-methyl/N-ethyl adjacent to an activating group) is 1. The van der Waals surface area contributed by atoms with Gasteiger partial charge in [0.15, 0.2) is 0 Å². The summed E-state index contributed by atoms with van der Waals surface area (Å²) in [6.45, 7) is 6.93. The molecule has 0 aromatic heterocycles. The Morgan fingerprint density at radius 2 is 1.54 bits per heavy atom. The van der Waals surface area contributed by atoms with Gasteiger partial charge < -0.3 is 10.2 Å². The average molecular weight is 542 g/mol. The Hall–Kier alpha value is -3.36. The fourth-order valence-corrected chi connectivity index (χ4v) is 5.36. The second-order valence-electron chi connectivity index (χ2n) is 9.03. The van der Waals surface area contributed by atoms with Crippen LogP contribution in [-0.4, -0.2) is 44.8 Å². The van der Waals surface area contributed by atoms with Gasteiger partial charge in [-0.25, -0.2) is 8.42 Å². The Morgan fingerprint density at radius 3 is 2.11 bits per heavy atom. The molecule has 0 saturated heterocycles. The van der Waals surface area contributed by atoms with Crippen LogP contribution in [0.4, 0.5) is 5.69 Å². The van der Waals surface area contributed by atoms with Crippen LogP contribution in [-0.2, 0) is 26.2 Å². The van der Waals surface area contributed by atoms with E-state index < -0.39 is 28.5 Å². The predicted octanol–water partition coefficient (Wildman–Crippen LogP) is 4.62. The highest BCUT2D eigenvalue weighted by Gasteiger charge is 2.32. The molecule has 0 fully saturated rings. The first-order valence-corrected chi connectivity index (χ1v) is 13.7. The number of carbonyl (C=O) groups is 2. The maximum absolute atomic E-state index is 13.8. The summed E-state index contributed by atoms with van der Waals surface area (Å²) >= 11 is 6.01. The minimum absolute atomic E-state index is 0.0766. The molecule has 2 amide bonds. The van der Waals surface area contributed by atoms with E-state index in [0.29, 0.717) is 10.7 Å². The number of benzene rings is 3. The minimum Gasteiger partial charge on any atom is -0.357 e. The summed E-state index contributed by atoms with van der Waals surface area (Å²) in [6, 6.07) is 17.9. The van der Waals surface area contributed by atoms with E-state index in [4.69, 9.17) is 11.6 Å². The first kappa shape index (κ1) is 28.2. The smallest absolute Gasteiger partial charge is 0.264 e. The molecule has 1 atom stereocenters. The molecule has 0 radical (unpaired) electrons. The van der Waals surface area contributed by atoms with Crippen LogP contribution in [0.15, 0.2) is 71.6 Å². The molecule has 3 aromatic carbocycles. The molecule has 3 rings (SSSR count). The molecule has 0 spiro atoms. The Bertz CT molecular complexity index is 1370. The van der Waals surface area contributed by atoms with E-state index in [1.54, 1.807) is 55.5 Å². The number of anilines is 1. The summed E-state index contributed by atoms with van der Waals surface area (Å²) in [7, 11) is -2.60. The van der Waals surface area contributed by atoms with Crippen LogP contribution in [0.2, 0.25) is 5.02 Å². The molecule has 0 aliphatic carbocycles. The first-order chi connectivity index (χ1) is 17.4. The van der Waals surface area contributed by atoms with Gasteiger partial charge in [-0.15, -0.1) is 0 Å². The number of nitrogens with one attached hydrogen (secondary N) is 1. The van der Waals surface area contributed by atoms with Gasteiger partial charge >= 0.3 is 0 Å². The molecule has 0 bridgehead atoms. The van der Waals surface area contributed by atoms with Crippen LogP contribution in [0.25, 0.3) is 0 Å². The zero-order valence-electron chi connectivity index (χ0n) is 21.7. The second-order valence-corrected chi connectivity index (χ2v) is 11.3. The number of nitrogens with zero attached hydrogens (tertiary/aromatic N) is 2. The standard InChI is InChI=1S/C28H32ClN3O4S/c1-19-6-14-26(15-7-19)37(35,36)32(25-13-8-20(2)21(3)16-25)18-27(33)31(22(4)28(34)30-5)17-23-9-11-24(29)12-10-23/h6-16,22H,17-18H2,1-5H3,(H,30,34). The molecule has 0 saturated carbocycles. The predicted molar refractivity (Wildman–Crippen MR) is 147 cm³/mol. The van der Waals surface area contributed by atoms with Gasteiger partial charge in [0.2, 0.25) is 11.8 Å². The fourth-order valence-electron chi connectivity index (χ4n) is 3.82. The lowest BCUT2D eigenvalue weighted by Crippen LogP contribution is -2.50. The number of amides is 2. The molecule has 1 N–H and O–H groups in total. The largest absolute Gasteiger partial charge is 0.357 e. The normalized spacial score (nSPS) is 12.1. The summed E-state index contributed by atoms with van der Waals surface area (Å²) in [4.78, 5) is 27.7. The Labute approximate surface area is 224 Å². The average Bonchev–Trinajstić information content (AvgIpc) is 2.87. The second kappa shape index (κ2) is 11.8. The first-order valence-electron chi connectivity index (χ1n) is 11.9. The molecule has 9 heteroatoms. The summed E-state index contributed by atoms with van der Waals surface area (Å²) in [5.41, 5.74) is 3.94. The van der Waals surface area contributed by atoms with E-state index in [9.17, 15) is 18.0 Å². The molecule has 37 heavy (non-hydrogen) atoms. The quantitative estimate of drug-likeness (QED) is 0.428. The maximum Gasteiger partial charge on any atom is 0.264 e. The molecule has 196 valence electrons. The van der Waals surface area contributed by atoms with Crippen molar-refractivity contribution in [1.82, 2.24) is 10.2 Å². The van der Waals surface area contributed by atoms with Crippen molar-refractivity contribution < 1.29 is 18.0 Å². The van der Waals surface area contributed by atoms with Crippen molar-refractivity contribution in [2.45, 2.75) is 45.2 Å². The number of aryl methyl sites for hydroxylation is 3. The lowest BCUT2D eigenvalue weighted by atomic mass is 10.1. The van der Waals surface area contributed by atoms with Crippen LogP contribution in [0.5, 0.6) is 0 Å². The van der Waals surface area contributed by atoms with Crippen LogP contribution in [0, 0.1) is 20.8 Å². The summed E-state index contributed by atoms with van der Waals surface area (Å²) in [5, 5.41) is 3.12. The number of hydrogen-bond donors (Lipinski definition) is 1. The highest BCUT2D eigenvalue weighted by molar-refractivity contribution is 7.92. The molecular weight excluding hydrogens is 510 g/mol. The van der Waals surface area contributed by atoms with Gasteiger partial charge in [-0.2, -0.15) is 0 Å². The van der Waals surface area contributed by atoms with E-state index in [0.717, 1.165) is 26.6 Å². The zero-order chi connectivity index (χ0) is 27.3. The molecular formula is C28H32ClN3O4S. The van der Waals surface area contributed by atoms with Crippen molar-refractivity contribution in [3.05, 3.63) is 94.0 Å². The van der Waals surface area contributed by atoms with E-state index in [2.05, 4.69) is 5.32 Å². The molecule has 0 aliphatic heterocycles. The van der Waals surface area contributed by atoms with Crippen molar-refractivity contribution in [3.8, 4) is 0 Å². The third kappa shape index (κ3) is 6.70. The van der Waals surface area contributed by atoms with Crippen molar-refractivity contribution in [1.29, 1.82) is 0 Å². The summed E-state index contributed by atoms with van der Waals surface area (Å²) in [5.74, 6) is -0.874. The lowest BCUT2D eigenvalue weighted by Gasteiger charge is -2.32. The van der Waals surface area contributed by atoms with Gasteiger partial charge in [-0.3, -0.25) is 13.9 Å². The lowest BCUT2D eigenvalue weighted by molar-refractivity contribution is -0.139. The van der Waals surface area contributed by atoms with Crippen LogP contribution in [0.3, 0.4) is 0 Å². The van der Waals surface area contributed by atoms with Gasteiger partial charge in [0.1, 0.15) is 12.6 Å². The minimum atomic E-state index is -4.09. The van der Waals surface area contributed by atoms with E-state index in [1.807, 2.05) is 26.8 Å². The summed E-state index contributed by atoms with van der Waals surface area (Å²) < 4.78 is 28.7. The van der Waals surface area contributed by atoms with Crippen molar-refractivity contribution in [2.75, 3.05) is 17.9 Å². The van der Waals surface area contributed by atoms with E-state index in [-0.39, 0.29) is 17.3 Å². The van der Waals surface area contributed by atoms with Gasteiger partial charge in [0.25, 0.3) is 10.0 Å². The third-order valence-corrected chi connectivity index (χ3v) is 8.39.